The molecule has 0 rings (SSSR count). The zero-order valence-electron chi connectivity index (χ0n) is 6.60. The fourth-order valence-electron chi connectivity index (χ4n) is 0.453. The summed E-state index contributed by atoms with van der Waals surface area (Å²) in [6.45, 7) is 2.73. The zero-order valence-corrected chi connectivity index (χ0v) is 6.60. The first kappa shape index (κ1) is 10.8. The third-order valence-corrected chi connectivity index (χ3v) is 1.26. The Balaban J connectivity index is 3.66. The third-order valence-electron chi connectivity index (χ3n) is 1.26. The highest BCUT2D eigenvalue weighted by molar-refractivity contribution is 4.65. The molecular formula is C6H15NO4. The standard InChI is InChI=1S/C6H15NO4/c1-3(8)5(10)7-6(11)4(2)9/h3-11H,1-2H3. The molecule has 0 aromatic carbocycles. The number of rotatable bonds is 4. The second-order valence-corrected chi connectivity index (χ2v) is 2.54. The monoisotopic (exact) mass is 165 g/mol. The highest BCUT2D eigenvalue weighted by Gasteiger charge is 2.17. The Morgan fingerprint density at radius 3 is 1.27 bits per heavy atom. The molecule has 0 aliphatic rings. The number of hydrogen-bond donors (Lipinski definition) is 5. The van der Waals surface area contributed by atoms with Gasteiger partial charge in [0.25, 0.3) is 0 Å². The van der Waals surface area contributed by atoms with Crippen molar-refractivity contribution in [3.8, 4) is 0 Å². The van der Waals surface area contributed by atoms with Crippen LogP contribution < -0.4 is 5.32 Å². The molecule has 0 radical (unpaired) electrons. The molecule has 0 spiro atoms. The average molecular weight is 165 g/mol. The molecule has 0 aromatic rings. The van der Waals surface area contributed by atoms with Crippen LogP contribution in [0, 0.1) is 0 Å². The van der Waals surface area contributed by atoms with E-state index in [1.807, 2.05) is 0 Å². The number of hydrogen-bond acceptors (Lipinski definition) is 5. The van der Waals surface area contributed by atoms with Gasteiger partial charge in [-0.1, -0.05) is 0 Å². The zero-order chi connectivity index (χ0) is 9.02. The van der Waals surface area contributed by atoms with Crippen LogP contribution in [0.4, 0.5) is 0 Å². The van der Waals surface area contributed by atoms with Gasteiger partial charge in [0.1, 0.15) is 12.5 Å². The number of nitrogens with one attached hydrogen (secondary N) is 1. The Bertz CT molecular complexity index is 94.8. The van der Waals surface area contributed by atoms with Gasteiger partial charge in [-0.25, -0.2) is 0 Å². The van der Waals surface area contributed by atoms with Crippen LogP contribution in [0.1, 0.15) is 13.8 Å². The first-order chi connectivity index (χ1) is 4.95. The highest BCUT2D eigenvalue weighted by Crippen LogP contribution is 1.92. The maximum atomic E-state index is 8.91. The molecule has 0 heterocycles. The smallest absolute Gasteiger partial charge is 0.132 e. The van der Waals surface area contributed by atoms with Crippen LogP contribution in [0.25, 0.3) is 0 Å². The summed E-state index contributed by atoms with van der Waals surface area (Å²) in [7, 11) is 0. The summed E-state index contributed by atoms with van der Waals surface area (Å²) in [4.78, 5) is 0. The third kappa shape index (κ3) is 4.28. The largest absolute Gasteiger partial charge is 0.389 e. The van der Waals surface area contributed by atoms with Gasteiger partial charge in [-0.2, -0.15) is 0 Å². The molecule has 0 saturated heterocycles. The van der Waals surface area contributed by atoms with Crippen molar-refractivity contribution < 1.29 is 20.4 Å². The molecule has 4 unspecified atom stereocenters. The van der Waals surface area contributed by atoms with E-state index in [-0.39, 0.29) is 0 Å². The van der Waals surface area contributed by atoms with E-state index in [0.29, 0.717) is 0 Å². The van der Waals surface area contributed by atoms with Crippen LogP contribution in [-0.2, 0) is 0 Å². The topological polar surface area (TPSA) is 93.0 Å². The SMILES string of the molecule is CC(O)C(O)NC(O)C(C)O. The Labute approximate surface area is 65.3 Å². The summed E-state index contributed by atoms with van der Waals surface area (Å²) in [5.41, 5.74) is 0. The maximum absolute atomic E-state index is 8.91. The fourth-order valence-corrected chi connectivity index (χ4v) is 0.453. The van der Waals surface area contributed by atoms with Crippen molar-refractivity contribution in [1.29, 1.82) is 0 Å². The van der Waals surface area contributed by atoms with Crippen LogP contribution in [0.2, 0.25) is 0 Å². The van der Waals surface area contributed by atoms with Gasteiger partial charge in [0.15, 0.2) is 0 Å². The van der Waals surface area contributed by atoms with E-state index in [9.17, 15) is 0 Å². The second-order valence-electron chi connectivity index (χ2n) is 2.54. The Morgan fingerprint density at radius 2 is 1.09 bits per heavy atom. The molecule has 0 amide bonds. The lowest BCUT2D eigenvalue weighted by Gasteiger charge is -2.21. The summed E-state index contributed by atoms with van der Waals surface area (Å²) in [5, 5.41) is 37.5. The molecule has 0 fully saturated rings. The van der Waals surface area contributed by atoms with Gasteiger partial charge >= 0.3 is 0 Å². The highest BCUT2D eigenvalue weighted by atomic mass is 16.4. The van der Waals surface area contributed by atoms with Gasteiger partial charge in [-0.3, -0.25) is 5.32 Å². The van der Waals surface area contributed by atoms with E-state index in [2.05, 4.69) is 5.32 Å². The first-order valence-corrected chi connectivity index (χ1v) is 3.43. The predicted octanol–water partition coefficient (Wildman–Crippen LogP) is -2.03. The lowest BCUT2D eigenvalue weighted by atomic mass is 10.3. The second kappa shape index (κ2) is 4.63. The molecule has 0 aromatic heterocycles. The summed E-state index contributed by atoms with van der Waals surface area (Å²) in [6.07, 6.45) is -4.41. The van der Waals surface area contributed by atoms with Crippen molar-refractivity contribution in [2.24, 2.45) is 0 Å². The molecular weight excluding hydrogens is 150 g/mol. The van der Waals surface area contributed by atoms with Crippen LogP contribution >= 0.6 is 0 Å². The fraction of sp³-hybridized carbons (Fsp3) is 1.00. The summed E-state index contributed by atoms with van der Waals surface area (Å²) in [5.74, 6) is 0. The van der Waals surface area contributed by atoms with Crippen molar-refractivity contribution in [1.82, 2.24) is 5.32 Å². The lowest BCUT2D eigenvalue weighted by molar-refractivity contribution is -0.0649. The number of aliphatic hydroxyl groups is 4. The van der Waals surface area contributed by atoms with Crippen molar-refractivity contribution in [2.45, 2.75) is 38.5 Å². The molecule has 0 saturated carbocycles. The van der Waals surface area contributed by atoms with Gasteiger partial charge in [0, 0.05) is 0 Å². The van der Waals surface area contributed by atoms with E-state index in [1.54, 1.807) is 0 Å². The molecule has 11 heavy (non-hydrogen) atoms. The van der Waals surface area contributed by atoms with E-state index in [1.165, 1.54) is 13.8 Å². The van der Waals surface area contributed by atoms with Crippen molar-refractivity contribution in [3.05, 3.63) is 0 Å². The Morgan fingerprint density at radius 1 is 0.818 bits per heavy atom. The average Bonchev–Trinajstić information content (AvgIpc) is 1.87. The van der Waals surface area contributed by atoms with E-state index in [0.717, 1.165) is 0 Å². The first-order valence-electron chi connectivity index (χ1n) is 3.43. The molecule has 5 heteroatoms. The molecule has 5 nitrogen and oxygen atoms in total. The molecule has 0 aliphatic heterocycles. The number of aliphatic hydroxyl groups excluding tert-OH is 4. The molecule has 5 N–H and O–H groups in total. The normalized spacial score (nSPS) is 22.4. The minimum atomic E-state index is -1.22. The Kier molecular flexibility index (Phi) is 4.55. The van der Waals surface area contributed by atoms with Gasteiger partial charge in [0.2, 0.25) is 0 Å². The minimum Gasteiger partial charge on any atom is -0.389 e. The lowest BCUT2D eigenvalue weighted by Crippen LogP contribution is -2.48. The summed E-state index contributed by atoms with van der Waals surface area (Å²) < 4.78 is 0. The Hall–Kier alpha value is -0.200. The van der Waals surface area contributed by atoms with Crippen LogP contribution in [-0.4, -0.2) is 45.1 Å². The molecule has 0 aliphatic carbocycles. The van der Waals surface area contributed by atoms with E-state index in [4.69, 9.17) is 20.4 Å². The van der Waals surface area contributed by atoms with Crippen LogP contribution in [0.15, 0.2) is 0 Å². The summed E-state index contributed by atoms with van der Waals surface area (Å²) >= 11 is 0. The van der Waals surface area contributed by atoms with Gasteiger partial charge in [-0.15, -0.1) is 0 Å². The van der Waals surface area contributed by atoms with Crippen molar-refractivity contribution in [3.63, 3.8) is 0 Å². The molecule has 68 valence electrons. The van der Waals surface area contributed by atoms with Crippen molar-refractivity contribution in [2.75, 3.05) is 0 Å². The predicted molar refractivity (Wildman–Crippen MR) is 38.5 cm³/mol. The molecule has 4 atom stereocenters. The van der Waals surface area contributed by atoms with Gasteiger partial charge in [-0.05, 0) is 13.8 Å². The minimum absolute atomic E-state index is 0.983. The van der Waals surface area contributed by atoms with E-state index >= 15 is 0 Å². The van der Waals surface area contributed by atoms with Crippen LogP contribution in [0.3, 0.4) is 0 Å². The van der Waals surface area contributed by atoms with Gasteiger partial charge < -0.3 is 20.4 Å². The van der Waals surface area contributed by atoms with Crippen LogP contribution in [0.5, 0.6) is 0 Å². The maximum Gasteiger partial charge on any atom is 0.132 e. The van der Waals surface area contributed by atoms with E-state index < -0.39 is 24.7 Å². The quantitative estimate of drug-likeness (QED) is 0.310. The van der Waals surface area contributed by atoms with Gasteiger partial charge in [0.05, 0.1) is 12.2 Å². The molecule has 0 bridgehead atoms. The summed E-state index contributed by atoms with van der Waals surface area (Å²) in [6, 6.07) is 0. The van der Waals surface area contributed by atoms with Crippen molar-refractivity contribution >= 4 is 0 Å².